The van der Waals surface area contributed by atoms with Crippen LogP contribution in [0, 0.1) is 0 Å². The lowest BCUT2D eigenvalue weighted by atomic mass is 10.1. The summed E-state index contributed by atoms with van der Waals surface area (Å²) in [7, 11) is 0. The van der Waals surface area contributed by atoms with E-state index < -0.39 is 5.97 Å². The van der Waals surface area contributed by atoms with Crippen molar-refractivity contribution >= 4 is 29.2 Å². The molecule has 0 unspecified atom stereocenters. The van der Waals surface area contributed by atoms with Crippen molar-refractivity contribution in [3.63, 3.8) is 0 Å². The van der Waals surface area contributed by atoms with Gasteiger partial charge in [0.1, 0.15) is 0 Å². The minimum Gasteiger partial charge on any atom is -0.478 e. The van der Waals surface area contributed by atoms with Crippen LogP contribution >= 0.6 is 11.6 Å². The summed E-state index contributed by atoms with van der Waals surface area (Å²) in [6.45, 7) is 0.663. The second kappa shape index (κ2) is 8.55. The molecule has 5 nitrogen and oxygen atoms in total. The van der Waals surface area contributed by atoms with Gasteiger partial charge in [-0.15, -0.1) is 0 Å². The highest BCUT2D eigenvalue weighted by Gasteiger charge is 2.12. The quantitative estimate of drug-likeness (QED) is 0.643. The van der Waals surface area contributed by atoms with Crippen LogP contribution in [0.5, 0.6) is 0 Å². The van der Waals surface area contributed by atoms with Crippen molar-refractivity contribution in [3.8, 4) is 0 Å². The zero-order valence-electron chi connectivity index (χ0n) is 11.2. The molecule has 0 radical (unpaired) electrons. The second-order valence-corrected chi connectivity index (χ2v) is 4.93. The number of unbranched alkanes of at least 4 members (excludes halogenated alkanes) is 3. The van der Waals surface area contributed by atoms with E-state index >= 15 is 0 Å². The van der Waals surface area contributed by atoms with Crippen molar-refractivity contribution in [1.82, 2.24) is 0 Å². The van der Waals surface area contributed by atoms with Crippen molar-refractivity contribution in [3.05, 3.63) is 28.8 Å². The summed E-state index contributed by atoms with van der Waals surface area (Å²) in [5.41, 5.74) is 5.65. The molecule has 1 aromatic carbocycles. The van der Waals surface area contributed by atoms with E-state index in [4.69, 9.17) is 22.4 Å². The molecule has 6 heteroatoms. The Labute approximate surface area is 123 Å². The maximum absolute atomic E-state index is 11.8. The van der Waals surface area contributed by atoms with Crippen LogP contribution in [0.2, 0.25) is 5.02 Å². The molecule has 4 N–H and O–H groups in total. The fraction of sp³-hybridized carbons (Fsp3) is 0.429. The van der Waals surface area contributed by atoms with Crippen molar-refractivity contribution in [2.75, 3.05) is 11.9 Å². The summed E-state index contributed by atoms with van der Waals surface area (Å²) in [5.74, 6) is -1.30. The van der Waals surface area contributed by atoms with Crippen LogP contribution < -0.4 is 11.1 Å². The minimum atomic E-state index is -1.10. The van der Waals surface area contributed by atoms with Crippen LogP contribution in [-0.4, -0.2) is 23.5 Å². The van der Waals surface area contributed by atoms with Gasteiger partial charge in [0.15, 0.2) is 0 Å². The molecule has 0 saturated heterocycles. The summed E-state index contributed by atoms with van der Waals surface area (Å²) < 4.78 is 0. The number of carboxylic acids is 1. The van der Waals surface area contributed by atoms with E-state index in [0.717, 1.165) is 25.7 Å². The van der Waals surface area contributed by atoms with Crippen LogP contribution in [0.25, 0.3) is 0 Å². The molecule has 0 fully saturated rings. The van der Waals surface area contributed by atoms with Crippen molar-refractivity contribution in [1.29, 1.82) is 0 Å². The van der Waals surface area contributed by atoms with Crippen LogP contribution in [0.15, 0.2) is 18.2 Å². The number of nitrogens with two attached hydrogens (primary N) is 1. The van der Waals surface area contributed by atoms with E-state index in [1.165, 1.54) is 18.2 Å². The standard InChI is InChI=1S/C14H19ClN2O3/c15-10-6-7-11(14(19)20)12(9-10)17-13(18)5-3-1-2-4-8-16/h6-7,9H,1-5,8,16H2,(H,17,18)(H,19,20). The monoisotopic (exact) mass is 298 g/mol. The Bertz CT molecular complexity index is 477. The van der Waals surface area contributed by atoms with Gasteiger partial charge in [-0.05, 0) is 37.6 Å². The summed E-state index contributed by atoms with van der Waals surface area (Å²) in [6.07, 6.45) is 4.01. The first-order valence-electron chi connectivity index (χ1n) is 6.57. The van der Waals surface area contributed by atoms with Gasteiger partial charge < -0.3 is 16.2 Å². The number of rotatable bonds is 8. The van der Waals surface area contributed by atoms with E-state index in [9.17, 15) is 9.59 Å². The summed E-state index contributed by atoms with van der Waals surface area (Å²) in [5, 5.41) is 12.0. The fourth-order valence-corrected chi connectivity index (χ4v) is 1.97. The zero-order chi connectivity index (χ0) is 15.0. The number of anilines is 1. The normalized spacial score (nSPS) is 10.3. The third-order valence-corrected chi connectivity index (χ3v) is 3.08. The van der Waals surface area contributed by atoms with Crippen molar-refractivity contribution in [2.24, 2.45) is 5.73 Å². The molecule has 0 aliphatic rings. The number of carbonyl (C=O) groups is 2. The molecule has 0 atom stereocenters. The number of hydrogen-bond donors (Lipinski definition) is 3. The third-order valence-electron chi connectivity index (χ3n) is 2.84. The predicted molar refractivity (Wildman–Crippen MR) is 79.2 cm³/mol. The molecule has 1 aromatic rings. The Kier molecular flexibility index (Phi) is 7.04. The van der Waals surface area contributed by atoms with Gasteiger partial charge in [-0.25, -0.2) is 4.79 Å². The molecule has 0 spiro atoms. The predicted octanol–water partition coefficient (Wildman–Crippen LogP) is 2.89. The van der Waals surface area contributed by atoms with E-state index in [1.807, 2.05) is 0 Å². The molecule has 20 heavy (non-hydrogen) atoms. The zero-order valence-corrected chi connectivity index (χ0v) is 11.9. The Hall–Kier alpha value is -1.59. The number of amides is 1. The van der Waals surface area contributed by atoms with Gasteiger partial charge in [-0.2, -0.15) is 0 Å². The van der Waals surface area contributed by atoms with Crippen molar-refractivity contribution in [2.45, 2.75) is 32.1 Å². The van der Waals surface area contributed by atoms with Crippen LogP contribution in [-0.2, 0) is 4.79 Å². The van der Waals surface area contributed by atoms with Gasteiger partial charge in [-0.1, -0.05) is 24.4 Å². The number of hydrogen-bond acceptors (Lipinski definition) is 3. The smallest absolute Gasteiger partial charge is 0.337 e. The maximum Gasteiger partial charge on any atom is 0.337 e. The topological polar surface area (TPSA) is 92.4 Å². The van der Waals surface area contributed by atoms with E-state index in [0.29, 0.717) is 18.0 Å². The molecule has 1 amide bonds. The molecule has 0 aliphatic carbocycles. The first kappa shape index (κ1) is 16.5. The molecule has 0 aromatic heterocycles. The van der Waals surface area contributed by atoms with Gasteiger partial charge in [0.25, 0.3) is 0 Å². The average molecular weight is 299 g/mol. The number of carboxylic acid groups (broad SMARTS) is 1. The highest BCUT2D eigenvalue weighted by atomic mass is 35.5. The molecule has 0 heterocycles. The highest BCUT2D eigenvalue weighted by molar-refractivity contribution is 6.31. The molecule has 1 rings (SSSR count). The summed E-state index contributed by atoms with van der Waals surface area (Å²) >= 11 is 5.81. The summed E-state index contributed by atoms with van der Waals surface area (Å²) in [4.78, 5) is 22.8. The minimum absolute atomic E-state index is 0.0332. The molecule has 0 aliphatic heterocycles. The van der Waals surface area contributed by atoms with Gasteiger partial charge in [-0.3, -0.25) is 4.79 Å². The fourth-order valence-electron chi connectivity index (χ4n) is 1.80. The summed E-state index contributed by atoms with van der Waals surface area (Å²) in [6, 6.07) is 4.30. The first-order chi connectivity index (χ1) is 9.54. The molecule has 0 saturated carbocycles. The number of aromatic carboxylic acids is 1. The number of halogens is 1. The Balaban J connectivity index is 2.53. The first-order valence-corrected chi connectivity index (χ1v) is 6.95. The van der Waals surface area contributed by atoms with Crippen LogP contribution in [0.1, 0.15) is 42.5 Å². The lowest BCUT2D eigenvalue weighted by Crippen LogP contribution is -2.14. The highest BCUT2D eigenvalue weighted by Crippen LogP contribution is 2.21. The second-order valence-electron chi connectivity index (χ2n) is 4.50. The van der Waals surface area contributed by atoms with Gasteiger partial charge in [0, 0.05) is 11.4 Å². The Morgan fingerprint density at radius 2 is 1.90 bits per heavy atom. The van der Waals surface area contributed by atoms with Gasteiger partial charge in [0.05, 0.1) is 11.3 Å². The van der Waals surface area contributed by atoms with Gasteiger partial charge in [0.2, 0.25) is 5.91 Å². The lowest BCUT2D eigenvalue weighted by Gasteiger charge is -2.09. The SMILES string of the molecule is NCCCCCCC(=O)Nc1cc(Cl)ccc1C(=O)O. The average Bonchev–Trinajstić information content (AvgIpc) is 2.38. The Morgan fingerprint density at radius 3 is 2.55 bits per heavy atom. The number of nitrogens with one attached hydrogen (secondary N) is 1. The largest absolute Gasteiger partial charge is 0.478 e. The van der Waals surface area contributed by atoms with Crippen LogP contribution in [0.4, 0.5) is 5.69 Å². The molecular weight excluding hydrogens is 280 g/mol. The number of carbonyl (C=O) groups excluding carboxylic acids is 1. The molecule has 0 bridgehead atoms. The Morgan fingerprint density at radius 1 is 1.20 bits per heavy atom. The van der Waals surface area contributed by atoms with Crippen LogP contribution in [0.3, 0.4) is 0 Å². The molecule has 110 valence electrons. The third kappa shape index (κ3) is 5.59. The maximum atomic E-state index is 11.8. The van der Waals surface area contributed by atoms with E-state index in [-0.39, 0.29) is 17.2 Å². The number of benzene rings is 1. The van der Waals surface area contributed by atoms with E-state index in [1.54, 1.807) is 0 Å². The van der Waals surface area contributed by atoms with Gasteiger partial charge >= 0.3 is 5.97 Å². The van der Waals surface area contributed by atoms with Crippen molar-refractivity contribution < 1.29 is 14.7 Å². The molecular formula is C14H19ClN2O3. The van der Waals surface area contributed by atoms with E-state index in [2.05, 4.69) is 5.32 Å². The lowest BCUT2D eigenvalue weighted by molar-refractivity contribution is -0.116.